The molecule has 0 aliphatic heterocycles. The minimum absolute atomic E-state index is 0.0272. The van der Waals surface area contributed by atoms with Crippen LogP contribution in [0.2, 0.25) is 0 Å². The fourth-order valence-electron chi connectivity index (χ4n) is 0.757. The Morgan fingerprint density at radius 3 is 2.54 bits per heavy atom. The number of terminal acetylenes is 1. The molecule has 0 rings (SSSR count). The van der Waals surface area contributed by atoms with E-state index in [1.807, 2.05) is 0 Å². The fourth-order valence-corrected chi connectivity index (χ4v) is 0.757. The molecular formula is C8H11F2NO2. The standard InChI is InChI=1S/C8H11F2NO2/c1-3-5-11(4-2)6-8(9,10)7(12)13/h1H,4-6H2,2H3,(H,12,13). The number of carboxylic acid groups (broad SMARTS) is 1. The number of alkyl halides is 2. The maximum absolute atomic E-state index is 12.6. The third kappa shape index (κ3) is 3.85. The van der Waals surface area contributed by atoms with Gasteiger partial charge in [-0.2, -0.15) is 8.78 Å². The van der Waals surface area contributed by atoms with Crippen molar-refractivity contribution in [3.63, 3.8) is 0 Å². The molecule has 13 heavy (non-hydrogen) atoms. The van der Waals surface area contributed by atoms with E-state index < -0.39 is 18.4 Å². The molecule has 74 valence electrons. The molecule has 0 atom stereocenters. The van der Waals surface area contributed by atoms with Gasteiger partial charge in [0.15, 0.2) is 0 Å². The molecule has 0 fully saturated rings. The second-order valence-corrected chi connectivity index (χ2v) is 2.52. The zero-order valence-electron chi connectivity index (χ0n) is 7.26. The van der Waals surface area contributed by atoms with Crippen LogP contribution >= 0.6 is 0 Å². The van der Waals surface area contributed by atoms with Gasteiger partial charge in [0.05, 0.1) is 13.1 Å². The Hall–Kier alpha value is -1.15. The van der Waals surface area contributed by atoms with Crippen molar-refractivity contribution in [2.75, 3.05) is 19.6 Å². The Balaban J connectivity index is 4.23. The molecule has 0 saturated carbocycles. The summed E-state index contributed by atoms with van der Waals surface area (Å²) in [4.78, 5) is 11.2. The molecule has 0 bridgehead atoms. The predicted molar refractivity (Wildman–Crippen MR) is 43.5 cm³/mol. The molecule has 1 N–H and O–H groups in total. The normalized spacial score (nSPS) is 11.3. The highest BCUT2D eigenvalue weighted by Crippen LogP contribution is 2.14. The third-order valence-electron chi connectivity index (χ3n) is 1.50. The summed E-state index contributed by atoms with van der Waals surface area (Å²) in [6.07, 6.45) is 4.92. The minimum atomic E-state index is -3.73. The van der Waals surface area contributed by atoms with Crippen molar-refractivity contribution in [3.8, 4) is 12.3 Å². The average Bonchev–Trinajstić information content (AvgIpc) is 2.03. The molecule has 3 nitrogen and oxygen atoms in total. The lowest BCUT2D eigenvalue weighted by Crippen LogP contribution is -2.42. The number of hydrogen-bond donors (Lipinski definition) is 1. The Bertz CT molecular complexity index is 223. The molecule has 0 unspecified atom stereocenters. The summed E-state index contributed by atoms with van der Waals surface area (Å²) >= 11 is 0. The molecule has 0 saturated heterocycles. The number of halogens is 2. The van der Waals surface area contributed by atoms with Crippen LogP contribution in [0.3, 0.4) is 0 Å². The highest BCUT2D eigenvalue weighted by molar-refractivity contribution is 5.75. The lowest BCUT2D eigenvalue weighted by molar-refractivity contribution is -0.167. The molecule has 0 aromatic heterocycles. The summed E-state index contributed by atoms with van der Waals surface area (Å²) in [6, 6.07) is 0. The summed E-state index contributed by atoms with van der Waals surface area (Å²) in [6.45, 7) is 1.12. The predicted octanol–water partition coefficient (Wildman–Crippen LogP) is 0.661. The third-order valence-corrected chi connectivity index (χ3v) is 1.50. The van der Waals surface area contributed by atoms with Gasteiger partial charge in [-0.05, 0) is 6.54 Å². The molecule has 0 radical (unpaired) electrons. The number of rotatable bonds is 5. The van der Waals surface area contributed by atoms with Crippen LogP contribution in [0.1, 0.15) is 6.92 Å². The van der Waals surface area contributed by atoms with Crippen LogP contribution in [0.15, 0.2) is 0 Å². The maximum Gasteiger partial charge on any atom is 0.375 e. The molecule has 0 spiro atoms. The van der Waals surface area contributed by atoms with E-state index in [9.17, 15) is 13.6 Å². The fraction of sp³-hybridized carbons (Fsp3) is 0.625. The van der Waals surface area contributed by atoms with E-state index >= 15 is 0 Å². The van der Waals surface area contributed by atoms with Gasteiger partial charge in [-0.25, -0.2) is 4.79 Å². The quantitative estimate of drug-likeness (QED) is 0.649. The Morgan fingerprint density at radius 2 is 2.23 bits per heavy atom. The van der Waals surface area contributed by atoms with E-state index in [2.05, 4.69) is 5.92 Å². The molecule has 0 aromatic rings. The lowest BCUT2D eigenvalue weighted by atomic mass is 10.3. The van der Waals surface area contributed by atoms with E-state index in [1.165, 1.54) is 4.90 Å². The number of aliphatic carboxylic acids is 1. The van der Waals surface area contributed by atoms with E-state index in [-0.39, 0.29) is 6.54 Å². The maximum atomic E-state index is 12.6. The number of carboxylic acids is 1. The zero-order chi connectivity index (χ0) is 10.5. The van der Waals surface area contributed by atoms with Gasteiger partial charge in [-0.15, -0.1) is 6.42 Å². The lowest BCUT2D eigenvalue weighted by Gasteiger charge is -2.21. The van der Waals surface area contributed by atoms with Gasteiger partial charge >= 0.3 is 11.9 Å². The molecule has 0 aromatic carbocycles. The molecule has 0 amide bonds. The van der Waals surface area contributed by atoms with Crippen LogP contribution in [0, 0.1) is 12.3 Å². The van der Waals surface area contributed by atoms with E-state index in [0.717, 1.165) is 0 Å². The summed E-state index contributed by atoms with van der Waals surface area (Å²) in [5.41, 5.74) is 0. The largest absolute Gasteiger partial charge is 0.477 e. The topological polar surface area (TPSA) is 40.5 Å². The minimum Gasteiger partial charge on any atom is -0.477 e. The van der Waals surface area contributed by atoms with Gasteiger partial charge in [0.1, 0.15) is 0 Å². The van der Waals surface area contributed by atoms with Crippen LogP contribution in [-0.4, -0.2) is 41.5 Å². The van der Waals surface area contributed by atoms with Crippen molar-refractivity contribution in [1.82, 2.24) is 4.90 Å². The number of nitrogens with zero attached hydrogens (tertiary/aromatic N) is 1. The van der Waals surface area contributed by atoms with Crippen LogP contribution < -0.4 is 0 Å². The van der Waals surface area contributed by atoms with Gasteiger partial charge in [-0.1, -0.05) is 12.8 Å². The number of carbonyl (C=O) groups is 1. The van der Waals surface area contributed by atoms with Gasteiger partial charge in [-0.3, -0.25) is 4.90 Å². The van der Waals surface area contributed by atoms with Gasteiger partial charge < -0.3 is 5.11 Å². The molecule has 0 aliphatic rings. The van der Waals surface area contributed by atoms with Crippen molar-refractivity contribution in [2.45, 2.75) is 12.8 Å². The molecule has 5 heteroatoms. The van der Waals surface area contributed by atoms with E-state index in [0.29, 0.717) is 6.54 Å². The zero-order valence-corrected chi connectivity index (χ0v) is 7.26. The highest BCUT2D eigenvalue weighted by atomic mass is 19.3. The second-order valence-electron chi connectivity index (χ2n) is 2.52. The van der Waals surface area contributed by atoms with Crippen molar-refractivity contribution < 1.29 is 18.7 Å². The van der Waals surface area contributed by atoms with Gasteiger partial charge in [0.2, 0.25) is 0 Å². The summed E-state index contributed by atoms with van der Waals surface area (Å²) < 4.78 is 25.2. The summed E-state index contributed by atoms with van der Waals surface area (Å²) in [5, 5.41) is 8.13. The first-order valence-corrected chi connectivity index (χ1v) is 3.71. The first-order chi connectivity index (χ1) is 5.94. The SMILES string of the molecule is C#CCN(CC)CC(F)(F)C(=O)O. The van der Waals surface area contributed by atoms with E-state index in [4.69, 9.17) is 11.5 Å². The monoisotopic (exact) mass is 191 g/mol. The summed E-state index contributed by atoms with van der Waals surface area (Å²) in [7, 11) is 0. The first kappa shape index (κ1) is 11.8. The van der Waals surface area contributed by atoms with Crippen molar-refractivity contribution in [1.29, 1.82) is 0 Å². The molecule has 0 heterocycles. The molecule has 0 aliphatic carbocycles. The van der Waals surface area contributed by atoms with Gasteiger partial charge in [0, 0.05) is 0 Å². The Morgan fingerprint density at radius 1 is 1.69 bits per heavy atom. The Kier molecular flexibility index (Phi) is 4.35. The number of hydrogen-bond acceptors (Lipinski definition) is 2. The second kappa shape index (κ2) is 4.77. The van der Waals surface area contributed by atoms with Crippen molar-refractivity contribution >= 4 is 5.97 Å². The first-order valence-electron chi connectivity index (χ1n) is 3.71. The van der Waals surface area contributed by atoms with E-state index in [1.54, 1.807) is 6.92 Å². The van der Waals surface area contributed by atoms with Crippen LogP contribution in [-0.2, 0) is 4.79 Å². The van der Waals surface area contributed by atoms with Crippen molar-refractivity contribution in [2.24, 2.45) is 0 Å². The highest BCUT2D eigenvalue weighted by Gasteiger charge is 2.40. The Labute approximate surface area is 75.3 Å². The summed E-state index contributed by atoms with van der Waals surface area (Å²) in [5.74, 6) is -3.67. The van der Waals surface area contributed by atoms with Crippen LogP contribution in [0.25, 0.3) is 0 Å². The average molecular weight is 191 g/mol. The van der Waals surface area contributed by atoms with Crippen LogP contribution in [0.5, 0.6) is 0 Å². The van der Waals surface area contributed by atoms with Crippen molar-refractivity contribution in [3.05, 3.63) is 0 Å². The van der Waals surface area contributed by atoms with Gasteiger partial charge in [0.25, 0.3) is 0 Å². The molecular weight excluding hydrogens is 180 g/mol. The van der Waals surface area contributed by atoms with Crippen LogP contribution in [0.4, 0.5) is 8.78 Å². The smallest absolute Gasteiger partial charge is 0.375 e.